The number of alkyl halides is 4. The van der Waals surface area contributed by atoms with Crippen molar-refractivity contribution >= 4 is 6.08 Å². The van der Waals surface area contributed by atoms with E-state index >= 15 is 0 Å². The van der Waals surface area contributed by atoms with Gasteiger partial charge >= 0.3 is 12.3 Å². The van der Waals surface area contributed by atoms with Gasteiger partial charge in [-0.2, -0.15) is 8.78 Å². The molecule has 1 aromatic carbocycles. The Kier molecular flexibility index (Phi) is 4.34. The van der Waals surface area contributed by atoms with Gasteiger partial charge in [-0.25, -0.2) is 8.78 Å². The lowest BCUT2D eigenvalue weighted by Gasteiger charge is -2.13. The van der Waals surface area contributed by atoms with E-state index in [1.807, 2.05) is 0 Å². The van der Waals surface area contributed by atoms with Gasteiger partial charge < -0.3 is 4.74 Å². The average Bonchev–Trinajstić information content (AvgIpc) is 2.26. The summed E-state index contributed by atoms with van der Waals surface area (Å²) in [6.45, 7) is -1.38. The van der Waals surface area contributed by atoms with Crippen molar-refractivity contribution in [3.05, 3.63) is 42.2 Å². The zero-order valence-electron chi connectivity index (χ0n) is 8.17. The van der Waals surface area contributed by atoms with E-state index in [4.69, 9.17) is 0 Å². The topological polar surface area (TPSA) is 9.23 Å². The Hall–Kier alpha value is -1.52. The van der Waals surface area contributed by atoms with E-state index < -0.39 is 19.0 Å². The number of hydrogen-bond donors (Lipinski definition) is 0. The molecule has 0 fully saturated rings. The zero-order chi connectivity index (χ0) is 12.0. The first kappa shape index (κ1) is 12.5. The summed E-state index contributed by atoms with van der Waals surface area (Å²) in [6, 6.07) is 8.65. The van der Waals surface area contributed by atoms with Crippen LogP contribution in [-0.4, -0.2) is 19.0 Å². The summed E-state index contributed by atoms with van der Waals surface area (Å²) in [5.74, 6) is -4.14. The fraction of sp³-hybridized carbons (Fsp3) is 0.273. The SMILES string of the molecule is FC(F)C(F)(F)CO/[C]=C/c1ccccc1. The molecule has 1 aromatic rings. The second-order valence-electron chi connectivity index (χ2n) is 3.02. The third-order valence-corrected chi connectivity index (χ3v) is 1.69. The van der Waals surface area contributed by atoms with Crippen LogP contribution in [0.15, 0.2) is 30.3 Å². The van der Waals surface area contributed by atoms with Crippen molar-refractivity contribution < 1.29 is 22.3 Å². The largest absolute Gasteiger partial charge is 0.483 e. The molecule has 87 valence electrons. The van der Waals surface area contributed by atoms with Crippen LogP contribution in [0.25, 0.3) is 6.08 Å². The van der Waals surface area contributed by atoms with Crippen molar-refractivity contribution in [2.45, 2.75) is 12.3 Å². The minimum Gasteiger partial charge on any atom is -0.483 e. The van der Waals surface area contributed by atoms with Gasteiger partial charge in [-0.15, -0.1) is 0 Å². The van der Waals surface area contributed by atoms with E-state index in [0.717, 1.165) is 0 Å². The summed E-state index contributed by atoms with van der Waals surface area (Å²) >= 11 is 0. The predicted octanol–water partition coefficient (Wildman–Crippen LogP) is 3.38. The Morgan fingerprint density at radius 2 is 1.88 bits per heavy atom. The van der Waals surface area contributed by atoms with Crippen LogP contribution in [0.2, 0.25) is 0 Å². The minimum absolute atomic E-state index is 0.683. The predicted molar refractivity (Wildman–Crippen MR) is 51.1 cm³/mol. The van der Waals surface area contributed by atoms with Gasteiger partial charge in [0.1, 0.15) is 0 Å². The van der Waals surface area contributed by atoms with Gasteiger partial charge in [0.2, 0.25) is 0 Å². The first-order valence-electron chi connectivity index (χ1n) is 4.44. The molecule has 0 N–H and O–H groups in total. The van der Waals surface area contributed by atoms with Gasteiger partial charge in [0.15, 0.2) is 12.9 Å². The molecule has 0 spiro atoms. The molecular formula is C11H9F4O. The molecule has 0 unspecified atom stereocenters. The highest BCUT2D eigenvalue weighted by molar-refractivity contribution is 5.45. The number of halogens is 4. The average molecular weight is 233 g/mol. The maximum atomic E-state index is 12.3. The minimum atomic E-state index is -4.14. The van der Waals surface area contributed by atoms with Gasteiger partial charge in [0, 0.05) is 0 Å². The molecule has 1 rings (SSSR count). The number of rotatable bonds is 5. The molecule has 0 aliphatic heterocycles. The van der Waals surface area contributed by atoms with E-state index in [1.54, 1.807) is 30.3 Å². The fourth-order valence-electron chi connectivity index (χ4n) is 0.860. The third kappa shape index (κ3) is 3.92. The molecular weight excluding hydrogens is 224 g/mol. The summed E-state index contributed by atoms with van der Waals surface area (Å²) in [4.78, 5) is 0. The van der Waals surface area contributed by atoms with Crippen LogP contribution in [0.5, 0.6) is 0 Å². The number of benzene rings is 1. The Labute approximate surface area is 90.3 Å². The normalized spacial score (nSPS) is 12.3. The van der Waals surface area contributed by atoms with Crippen molar-refractivity contribution in [1.82, 2.24) is 0 Å². The van der Waals surface area contributed by atoms with Gasteiger partial charge in [-0.1, -0.05) is 30.3 Å². The molecule has 0 amide bonds. The molecule has 0 atom stereocenters. The Morgan fingerprint density at radius 3 is 2.44 bits per heavy atom. The third-order valence-electron chi connectivity index (χ3n) is 1.69. The molecule has 0 saturated carbocycles. The van der Waals surface area contributed by atoms with Gasteiger partial charge in [0.05, 0.1) is 0 Å². The number of ether oxygens (including phenoxy) is 1. The molecule has 0 aliphatic carbocycles. The first-order chi connectivity index (χ1) is 7.52. The molecule has 0 aromatic heterocycles. The summed E-state index contributed by atoms with van der Waals surface area (Å²) in [5, 5.41) is 0. The highest BCUT2D eigenvalue weighted by Gasteiger charge is 2.41. The molecule has 1 radical (unpaired) electrons. The van der Waals surface area contributed by atoms with Crippen LogP contribution < -0.4 is 0 Å². The molecule has 0 aliphatic rings. The standard InChI is InChI=1S/C11H9F4O/c12-10(13)11(14,15)8-16-7-6-9-4-2-1-3-5-9/h1-6,10H,8H2. The first-order valence-corrected chi connectivity index (χ1v) is 4.44. The van der Waals surface area contributed by atoms with Crippen LogP contribution in [0, 0.1) is 6.26 Å². The lowest BCUT2D eigenvalue weighted by atomic mass is 10.2. The maximum Gasteiger partial charge on any atom is 0.340 e. The molecule has 5 heteroatoms. The van der Waals surface area contributed by atoms with Gasteiger partial charge in [-0.05, 0) is 11.6 Å². The van der Waals surface area contributed by atoms with Crippen LogP contribution >= 0.6 is 0 Å². The Balaban J connectivity index is 2.39. The second kappa shape index (κ2) is 5.53. The fourth-order valence-corrected chi connectivity index (χ4v) is 0.860. The smallest absolute Gasteiger partial charge is 0.340 e. The van der Waals surface area contributed by atoms with Crippen molar-refractivity contribution in [1.29, 1.82) is 0 Å². The van der Waals surface area contributed by atoms with Crippen LogP contribution in [-0.2, 0) is 4.74 Å². The molecule has 0 heterocycles. The lowest BCUT2D eigenvalue weighted by molar-refractivity contribution is -0.156. The summed E-state index contributed by atoms with van der Waals surface area (Å²) in [6.07, 6.45) is -0.363. The summed E-state index contributed by atoms with van der Waals surface area (Å²) in [7, 11) is 0. The quantitative estimate of drug-likeness (QED) is 0.559. The summed E-state index contributed by atoms with van der Waals surface area (Å²) in [5.41, 5.74) is 0.683. The van der Waals surface area contributed by atoms with E-state index in [1.165, 1.54) is 6.08 Å². The highest BCUT2D eigenvalue weighted by atomic mass is 19.3. The van der Waals surface area contributed by atoms with E-state index in [2.05, 4.69) is 11.0 Å². The number of hydrogen-bond acceptors (Lipinski definition) is 1. The van der Waals surface area contributed by atoms with E-state index in [9.17, 15) is 17.6 Å². The Morgan fingerprint density at radius 1 is 1.25 bits per heavy atom. The van der Waals surface area contributed by atoms with Gasteiger partial charge in [-0.3, -0.25) is 0 Å². The monoisotopic (exact) mass is 233 g/mol. The molecule has 0 bridgehead atoms. The van der Waals surface area contributed by atoms with Crippen molar-refractivity contribution in [3.8, 4) is 0 Å². The Bertz CT molecular complexity index is 335. The van der Waals surface area contributed by atoms with E-state index in [-0.39, 0.29) is 0 Å². The molecule has 0 saturated heterocycles. The highest BCUT2D eigenvalue weighted by Crippen LogP contribution is 2.22. The van der Waals surface area contributed by atoms with Crippen molar-refractivity contribution in [3.63, 3.8) is 0 Å². The molecule has 1 nitrogen and oxygen atoms in total. The maximum absolute atomic E-state index is 12.3. The zero-order valence-corrected chi connectivity index (χ0v) is 8.17. The van der Waals surface area contributed by atoms with Crippen LogP contribution in [0.3, 0.4) is 0 Å². The van der Waals surface area contributed by atoms with Crippen LogP contribution in [0.1, 0.15) is 5.56 Å². The lowest BCUT2D eigenvalue weighted by Crippen LogP contribution is -2.31. The molecule has 16 heavy (non-hydrogen) atoms. The van der Waals surface area contributed by atoms with Gasteiger partial charge in [0.25, 0.3) is 0 Å². The second-order valence-corrected chi connectivity index (χ2v) is 3.02. The van der Waals surface area contributed by atoms with E-state index in [0.29, 0.717) is 5.56 Å². The van der Waals surface area contributed by atoms with Crippen molar-refractivity contribution in [2.24, 2.45) is 0 Å². The van der Waals surface area contributed by atoms with Crippen LogP contribution in [0.4, 0.5) is 17.6 Å². The van der Waals surface area contributed by atoms with Crippen molar-refractivity contribution in [2.75, 3.05) is 6.61 Å². The summed E-state index contributed by atoms with van der Waals surface area (Å²) < 4.78 is 52.3.